The van der Waals surface area contributed by atoms with Gasteiger partial charge in [-0.05, 0) is 125 Å². The predicted octanol–water partition coefficient (Wildman–Crippen LogP) is 11.3. The van der Waals surface area contributed by atoms with Crippen LogP contribution in [-0.4, -0.2) is 86.9 Å². The van der Waals surface area contributed by atoms with E-state index < -0.39 is 55.3 Å². The Morgan fingerprint density at radius 2 is 1.73 bits per heavy atom. The van der Waals surface area contributed by atoms with E-state index in [4.69, 9.17) is 32.5 Å². The number of rotatable bonds is 23. The van der Waals surface area contributed by atoms with Crippen molar-refractivity contribution in [2.45, 2.75) is 174 Å². The summed E-state index contributed by atoms with van der Waals surface area (Å²) < 4.78 is 60.3. The van der Waals surface area contributed by atoms with Crippen molar-refractivity contribution >= 4 is 31.1 Å². The van der Waals surface area contributed by atoms with Gasteiger partial charge in [-0.2, -0.15) is 0 Å². The van der Waals surface area contributed by atoms with Crippen LogP contribution < -0.4 is 5.32 Å². The van der Waals surface area contributed by atoms with Gasteiger partial charge < -0.3 is 28.8 Å². The molecule has 8 aliphatic rings. The maximum Gasteiger partial charge on any atom is 0.530 e. The second kappa shape index (κ2) is 23.4. The summed E-state index contributed by atoms with van der Waals surface area (Å²) in [6, 6.07) is 10.6. The molecular formula is C59H82NO12P. The number of allylic oxidation sites excluding steroid dienone is 5. The molecule has 73 heavy (non-hydrogen) atoms. The fourth-order valence-corrected chi connectivity index (χ4v) is 15.7. The first kappa shape index (κ1) is 54.2. The molecule has 13 nitrogen and oxygen atoms in total. The third-order valence-electron chi connectivity index (χ3n) is 18.5. The third-order valence-corrected chi connectivity index (χ3v) is 19.9. The Labute approximate surface area is 434 Å². The number of esters is 1. The number of carbonyl (C=O) groups is 4. The molecule has 1 aromatic carbocycles. The number of nitrogens with one attached hydrogen (secondary N) is 1. The van der Waals surface area contributed by atoms with Crippen LogP contribution in [0.4, 0.5) is 0 Å². The summed E-state index contributed by atoms with van der Waals surface area (Å²) in [5, 5.41) is 3.35. The Kier molecular flexibility index (Phi) is 17.4. The van der Waals surface area contributed by atoms with Crippen LogP contribution in [0.25, 0.3) is 0 Å². The number of aryl methyl sites for hydroxylation is 1. The molecule has 12 atom stereocenters. The quantitative estimate of drug-likeness (QED) is 0.0627. The van der Waals surface area contributed by atoms with Crippen LogP contribution >= 0.6 is 7.82 Å². The zero-order chi connectivity index (χ0) is 51.4. The lowest BCUT2D eigenvalue weighted by Gasteiger charge is -2.60. The minimum Gasteiger partial charge on any atom is -0.457 e. The Bertz CT molecular complexity index is 2350. The van der Waals surface area contributed by atoms with Crippen LogP contribution in [0.15, 0.2) is 77.1 Å². The van der Waals surface area contributed by atoms with E-state index >= 15 is 9.36 Å². The molecule has 5 unspecified atom stereocenters. The molecule has 1 saturated heterocycles. The van der Waals surface area contributed by atoms with Crippen molar-refractivity contribution in [1.29, 1.82) is 0 Å². The smallest absolute Gasteiger partial charge is 0.457 e. The Morgan fingerprint density at radius 3 is 2.51 bits per heavy atom. The van der Waals surface area contributed by atoms with E-state index in [-0.39, 0.29) is 72.4 Å². The van der Waals surface area contributed by atoms with Crippen LogP contribution in [0, 0.1) is 46.3 Å². The number of phosphoric ester groups is 1. The zero-order valence-corrected chi connectivity index (χ0v) is 45.1. The Morgan fingerprint density at radius 1 is 0.959 bits per heavy atom. The molecule has 0 aromatic heterocycles. The van der Waals surface area contributed by atoms with Crippen molar-refractivity contribution in [1.82, 2.24) is 5.32 Å². The van der Waals surface area contributed by atoms with Crippen molar-refractivity contribution in [3.05, 3.63) is 82.7 Å². The number of unbranched alkanes of at least 4 members (excludes halogenated alkanes) is 4. The van der Waals surface area contributed by atoms with E-state index in [2.05, 4.69) is 49.5 Å². The number of ketones is 3. The largest absolute Gasteiger partial charge is 0.530 e. The summed E-state index contributed by atoms with van der Waals surface area (Å²) in [7, 11) is -4.29. The first-order valence-corrected chi connectivity index (χ1v) is 29.5. The van der Waals surface area contributed by atoms with Crippen LogP contribution in [0.2, 0.25) is 0 Å². The number of Topliss-reactive ketones (excluding diaryl/α,β-unsaturated/α-hetero) is 2. The van der Waals surface area contributed by atoms with Crippen molar-refractivity contribution < 1.29 is 56.3 Å². The molecule has 0 spiro atoms. The van der Waals surface area contributed by atoms with Gasteiger partial charge in [-0.1, -0.05) is 109 Å². The molecule has 2 aliphatic heterocycles. The third kappa shape index (κ3) is 11.3. The number of hydrogen-bond donors (Lipinski definition) is 1. The average molecular weight is 1030 g/mol. The van der Waals surface area contributed by atoms with E-state index in [0.717, 1.165) is 109 Å². The van der Waals surface area contributed by atoms with Gasteiger partial charge in [-0.3, -0.25) is 28.2 Å². The van der Waals surface area contributed by atoms with E-state index in [9.17, 15) is 14.4 Å². The first-order valence-electron chi connectivity index (χ1n) is 28.1. The van der Waals surface area contributed by atoms with Gasteiger partial charge in [0.05, 0.1) is 31.3 Å². The molecular weight excluding hydrogens is 946 g/mol. The van der Waals surface area contributed by atoms with Gasteiger partial charge in [-0.15, -0.1) is 0 Å². The average Bonchev–Trinajstić information content (AvgIpc) is 3.89. The van der Waals surface area contributed by atoms with Crippen LogP contribution in [0.5, 0.6) is 0 Å². The SMILES string of the molecule is CCC(C)C(=O)OCC(=O)[C@@]12O[C@H](C3CCCCC3)O[C@@H]1CC1C3CCC4=CC(=O)C=C[C@]4(C)C3[C@@H](OP3(=O)OCC4=C(C[C@@H](C)C(C(=O)CNCCCCCCOCCCCc5ccccc5)=C4)O3)C[C@@]12C. The van der Waals surface area contributed by atoms with Gasteiger partial charge >= 0.3 is 13.8 Å². The highest BCUT2D eigenvalue weighted by molar-refractivity contribution is 7.48. The standard InChI is InChI=1S/C59H82NO12P/c1-6-39(2)55(64)67-38-52(63)59-53(69-56(70-59)42-22-13-10-14-23-42)34-48-46-25-24-44-33-45(61)26-27-57(44,4)54(46)51(35-58(48,59)5)72-73(65)68-37-43-32-47(40(3)31-50(43)71-73)49(62)36-60-28-16-7-8-17-29-66-30-18-15-21-41-19-11-9-12-20-41/h9,11-12,19-20,26-27,32-33,39-40,42,46,48,51,53-54,56,60H,6-8,10,13-18,21-25,28-31,34-38H2,1-5H3/t39?,40-,46?,48?,51+,53-,54?,56-,57+,58+,59-,73?/m1/s1. The lowest BCUT2D eigenvalue weighted by atomic mass is 9.46. The molecule has 5 fully saturated rings. The van der Waals surface area contributed by atoms with Crippen molar-refractivity contribution in [3.63, 3.8) is 0 Å². The molecule has 0 radical (unpaired) electrons. The molecule has 9 rings (SSSR count). The summed E-state index contributed by atoms with van der Waals surface area (Å²) in [5.41, 5.74) is 0.797. The van der Waals surface area contributed by atoms with E-state index in [1.807, 2.05) is 26.0 Å². The fraction of sp³-hybridized carbons (Fsp3) is 0.695. The zero-order valence-electron chi connectivity index (χ0n) is 44.2. The van der Waals surface area contributed by atoms with Gasteiger partial charge in [0.15, 0.2) is 30.1 Å². The van der Waals surface area contributed by atoms with E-state index in [1.54, 1.807) is 19.1 Å². The monoisotopic (exact) mass is 1030 g/mol. The second-order valence-electron chi connectivity index (χ2n) is 23.1. The van der Waals surface area contributed by atoms with E-state index in [1.165, 1.54) is 5.56 Å². The van der Waals surface area contributed by atoms with Crippen molar-refractivity contribution in [2.24, 2.45) is 46.3 Å². The molecule has 2 heterocycles. The lowest BCUT2D eigenvalue weighted by molar-refractivity contribution is -0.209. The first-order chi connectivity index (χ1) is 35.2. The molecule has 0 bridgehead atoms. The summed E-state index contributed by atoms with van der Waals surface area (Å²) in [6.45, 7) is 12.0. The minimum absolute atomic E-state index is 0.0195. The van der Waals surface area contributed by atoms with Crippen LogP contribution in [0.3, 0.4) is 0 Å². The summed E-state index contributed by atoms with van der Waals surface area (Å²) >= 11 is 0. The van der Waals surface area contributed by atoms with Gasteiger partial charge in [0.1, 0.15) is 5.76 Å². The highest BCUT2D eigenvalue weighted by Crippen LogP contribution is 2.72. The molecule has 400 valence electrons. The van der Waals surface area contributed by atoms with Crippen molar-refractivity contribution in [3.8, 4) is 0 Å². The number of benzene rings is 1. The number of ether oxygens (including phenoxy) is 4. The van der Waals surface area contributed by atoms with Gasteiger partial charge in [0.2, 0.25) is 5.78 Å². The highest BCUT2D eigenvalue weighted by atomic mass is 31.2. The number of carbonyl (C=O) groups excluding carboxylic acids is 4. The summed E-state index contributed by atoms with van der Waals surface area (Å²) in [5.74, 6) is -1.04. The normalized spacial score (nSPS) is 35.1. The summed E-state index contributed by atoms with van der Waals surface area (Å²) in [4.78, 5) is 54.7. The summed E-state index contributed by atoms with van der Waals surface area (Å²) in [6.07, 6.45) is 21.2. The molecule has 6 aliphatic carbocycles. The molecule has 0 amide bonds. The molecule has 1 aromatic rings. The maximum absolute atomic E-state index is 15.1. The van der Waals surface area contributed by atoms with E-state index in [0.29, 0.717) is 42.6 Å². The maximum atomic E-state index is 15.1. The topological polar surface area (TPSA) is 162 Å². The van der Waals surface area contributed by atoms with Gasteiger partial charge in [-0.25, -0.2) is 4.57 Å². The Hall–Kier alpha value is -3.55. The van der Waals surface area contributed by atoms with Crippen molar-refractivity contribution in [2.75, 3.05) is 39.5 Å². The van der Waals surface area contributed by atoms with Gasteiger partial charge in [0, 0.05) is 53.4 Å². The molecule has 1 N–H and O–H groups in total. The van der Waals surface area contributed by atoms with Crippen LogP contribution in [-0.2, 0) is 62.7 Å². The van der Waals surface area contributed by atoms with Crippen LogP contribution in [0.1, 0.15) is 149 Å². The number of hydrogen-bond acceptors (Lipinski definition) is 13. The lowest BCUT2D eigenvalue weighted by Crippen LogP contribution is -2.64. The highest BCUT2D eigenvalue weighted by Gasteiger charge is 2.77. The fourth-order valence-electron chi connectivity index (χ4n) is 14.2. The van der Waals surface area contributed by atoms with Gasteiger partial charge in [0.25, 0.3) is 0 Å². The molecule has 14 heteroatoms. The molecule has 4 saturated carbocycles. The predicted molar refractivity (Wildman–Crippen MR) is 277 cm³/mol. The number of phosphoric acid groups is 1. The minimum atomic E-state index is -4.29. The second-order valence-corrected chi connectivity index (χ2v) is 24.7. The number of fused-ring (bicyclic) bond motifs is 7. The Balaban J connectivity index is 0.856.